The number of nitrogens with zero attached hydrogens (tertiary/aromatic N) is 4. The predicted molar refractivity (Wildman–Crippen MR) is 63.3 cm³/mol. The highest BCUT2D eigenvalue weighted by Crippen LogP contribution is 2.23. The van der Waals surface area contributed by atoms with Crippen molar-refractivity contribution in [2.24, 2.45) is 18.7 Å². The van der Waals surface area contributed by atoms with E-state index in [1.807, 2.05) is 4.90 Å². The van der Waals surface area contributed by atoms with Gasteiger partial charge in [-0.1, -0.05) is 12.1 Å². The van der Waals surface area contributed by atoms with Crippen LogP contribution in [0.5, 0.6) is 0 Å². The maximum absolute atomic E-state index is 12.2. The number of hydrogen-bond acceptors (Lipinski definition) is 4. The minimum atomic E-state index is -0.0551. The van der Waals surface area contributed by atoms with Crippen molar-refractivity contribution in [2.45, 2.75) is 25.8 Å². The molecule has 2 atom stereocenters. The average Bonchev–Trinajstić information content (AvgIpc) is 2.75. The fourth-order valence-corrected chi connectivity index (χ4v) is 2.33. The molecule has 2 heterocycles. The molecule has 6 heteroatoms. The average molecular weight is 237 g/mol. The molecular formula is C11H19N5O. The smallest absolute Gasteiger partial charge is 0.276 e. The Morgan fingerprint density at radius 2 is 2.41 bits per heavy atom. The van der Waals surface area contributed by atoms with Gasteiger partial charge in [-0.25, -0.2) is 0 Å². The molecule has 2 rings (SSSR count). The molecule has 0 spiro atoms. The van der Waals surface area contributed by atoms with Crippen molar-refractivity contribution < 1.29 is 4.79 Å². The second-order valence-corrected chi connectivity index (χ2v) is 4.80. The fraction of sp³-hybridized carbons (Fsp3) is 0.727. The molecule has 94 valence electrons. The number of nitrogens with two attached hydrogens (primary N) is 1. The van der Waals surface area contributed by atoms with Crippen LogP contribution in [0.3, 0.4) is 0 Å². The van der Waals surface area contributed by atoms with Gasteiger partial charge in [-0.15, -0.1) is 5.10 Å². The van der Waals surface area contributed by atoms with E-state index >= 15 is 0 Å². The Kier molecular flexibility index (Phi) is 3.42. The maximum atomic E-state index is 12.2. The summed E-state index contributed by atoms with van der Waals surface area (Å²) in [6.45, 7) is 3.47. The lowest BCUT2D eigenvalue weighted by Gasteiger charge is -2.37. The Morgan fingerprint density at radius 1 is 1.65 bits per heavy atom. The zero-order valence-electron chi connectivity index (χ0n) is 10.3. The Bertz CT molecular complexity index is 402. The summed E-state index contributed by atoms with van der Waals surface area (Å²) in [7, 11) is 1.75. The number of aromatic nitrogens is 3. The number of amides is 1. The molecule has 0 aromatic carbocycles. The normalized spacial score (nSPS) is 25.0. The van der Waals surface area contributed by atoms with Crippen LogP contribution in [0.15, 0.2) is 6.20 Å². The first kappa shape index (κ1) is 12.0. The number of rotatable bonds is 2. The van der Waals surface area contributed by atoms with Gasteiger partial charge in [-0.2, -0.15) is 0 Å². The molecule has 6 nitrogen and oxygen atoms in total. The summed E-state index contributed by atoms with van der Waals surface area (Å²) in [6, 6.07) is 0.133. The van der Waals surface area contributed by atoms with Gasteiger partial charge < -0.3 is 10.6 Å². The molecule has 1 aliphatic rings. The first-order valence-corrected chi connectivity index (χ1v) is 5.99. The van der Waals surface area contributed by atoms with E-state index in [0.717, 1.165) is 19.4 Å². The first-order valence-electron chi connectivity index (χ1n) is 5.99. The van der Waals surface area contributed by atoms with E-state index in [0.29, 0.717) is 18.2 Å². The molecule has 0 bridgehead atoms. The van der Waals surface area contributed by atoms with Gasteiger partial charge in [0.1, 0.15) is 0 Å². The highest BCUT2D eigenvalue weighted by molar-refractivity contribution is 5.92. The number of carbonyl (C=O) groups excluding carboxylic acids is 1. The van der Waals surface area contributed by atoms with Crippen LogP contribution in [0, 0.1) is 5.92 Å². The third kappa shape index (κ3) is 2.46. The van der Waals surface area contributed by atoms with Gasteiger partial charge in [0.15, 0.2) is 5.69 Å². The summed E-state index contributed by atoms with van der Waals surface area (Å²) in [4.78, 5) is 14.1. The summed E-state index contributed by atoms with van der Waals surface area (Å²) in [5.41, 5.74) is 6.15. The van der Waals surface area contributed by atoms with Crippen LogP contribution in [0.2, 0.25) is 0 Å². The predicted octanol–water partition coefficient (Wildman–Crippen LogP) is 0.0145. The van der Waals surface area contributed by atoms with E-state index in [4.69, 9.17) is 5.73 Å². The standard InChI is InChI=1S/C11H19N5O/c1-8-3-4-16(9(5-8)6-12)11(17)10-7-15(2)14-13-10/h7-9H,3-6,12H2,1-2H3. The third-order valence-corrected chi connectivity index (χ3v) is 3.33. The molecule has 1 amide bonds. The minimum Gasteiger partial charge on any atom is -0.333 e. The molecule has 0 aliphatic carbocycles. The molecule has 17 heavy (non-hydrogen) atoms. The Morgan fingerprint density at radius 3 is 3.00 bits per heavy atom. The second-order valence-electron chi connectivity index (χ2n) is 4.80. The molecule has 0 saturated carbocycles. The van der Waals surface area contributed by atoms with Crippen molar-refractivity contribution >= 4 is 5.91 Å². The molecule has 0 radical (unpaired) electrons. The van der Waals surface area contributed by atoms with Gasteiger partial charge in [0, 0.05) is 26.2 Å². The van der Waals surface area contributed by atoms with Gasteiger partial charge in [-0.05, 0) is 18.8 Å². The van der Waals surface area contributed by atoms with Crippen molar-refractivity contribution in [1.82, 2.24) is 19.9 Å². The van der Waals surface area contributed by atoms with Crippen LogP contribution in [-0.2, 0) is 7.05 Å². The lowest BCUT2D eigenvalue weighted by molar-refractivity contribution is 0.0567. The molecule has 1 saturated heterocycles. The highest BCUT2D eigenvalue weighted by atomic mass is 16.2. The van der Waals surface area contributed by atoms with Gasteiger partial charge in [0.2, 0.25) is 0 Å². The van der Waals surface area contributed by atoms with E-state index < -0.39 is 0 Å². The Hall–Kier alpha value is -1.43. The van der Waals surface area contributed by atoms with Crippen LogP contribution in [0.4, 0.5) is 0 Å². The number of piperidine rings is 1. The number of carbonyl (C=O) groups is 1. The molecule has 1 aromatic rings. The molecular weight excluding hydrogens is 218 g/mol. The Balaban J connectivity index is 2.13. The summed E-state index contributed by atoms with van der Waals surface area (Å²) in [5, 5.41) is 7.65. The van der Waals surface area contributed by atoms with Crippen LogP contribution in [-0.4, -0.2) is 44.9 Å². The SMILES string of the molecule is CC1CCN(C(=O)c2cn(C)nn2)C(CN)C1. The fourth-order valence-electron chi connectivity index (χ4n) is 2.33. The monoisotopic (exact) mass is 237 g/mol. The van der Waals surface area contributed by atoms with E-state index in [-0.39, 0.29) is 11.9 Å². The van der Waals surface area contributed by atoms with Gasteiger partial charge in [0.05, 0.1) is 6.20 Å². The van der Waals surface area contributed by atoms with Crippen molar-refractivity contribution in [1.29, 1.82) is 0 Å². The number of likely N-dealkylation sites (tertiary alicyclic amines) is 1. The van der Waals surface area contributed by atoms with E-state index in [9.17, 15) is 4.79 Å². The highest BCUT2D eigenvalue weighted by Gasteiger charge is 2.30. The Labute approximate surface area is 101 Å². The van der Waals surface area contributed by atoms with Crippen molar-refractivity contribution in [3.63, 3.8) is 0 Å². The largest absolute Gasteiger partial charge is 0.333 e. The first-order chi connectivity index (χ1) is 8.11. The minimum absolute atomic E-state index is 0.0551. The van der Waals surface area contributed by atoms with Crippen molar-refractivity contribution in [2.75, 3.05) is 13.1 Å². The van der Waals surface area contributed by atoms with Crippen molar-refractivity contribution in [3.05, 3.63) is 11.9 Å². The summed E-state index contributed by atoms with van der Waals surface area (Å²) >= 11 is 0. The van der Waals surface area contributed by atoms with Crippen LogP contribution in [0.1, 0.15) is 30.3 Å². The second kappa shape index (κ2) is 4.83. The zero-order chi connectivity index (χ0) is 12.4. The topological polar surface area (TPSA) is 77.0 Å². The van der Waals surface area contributed by atoms with Crippen molar-refractivity contribution in [3.8, 4) is 0 Å². The van der Waals surface area contributed by atoms with Crippen LogP contribution in [0.25, 0.3) is 0 Å². The molecule has 1 aliphatic heterocycles. The summed E-state index contributed by atoms with van der Waals surface area (Å²) in [6.07, 6.45) is 3.65. The molecule has 2 unspecified atom stereocenters. The van der Waals surface area contributed by atoms with Gasteiger partial charge >= 0.3 is 0 Å². The number of hydrogen-bond donors (Lipinski definition) is 1. The summed E-state index contributed by atoms with van der Waals surface area (Å²) in [5.74, 6) is 0.579. The van der Waals surface area contributed by atoms with E-state index in [2.05, 4.69) is 17.2 Å². The lowest BCUT2D eigenvalue weighted by atomic mass is 9.92. The summed E-state index contributed by atoms with van der Waals surface area (Å²) < 4.78 is 1.54. The zero-order valence-corrected chi connectivity index (χ0v) is 10.3. The molecule has 1 fully saturated rings. The van der Waals surface area contributed by atoms with E-state index in [1.165, 1.54) is 4.68 Å². The quantitative estimate of drug-likeness (QED) is 0.786. The van der Waals surface area contributed by atoms with Crippen LogP contribution >= 0.6 is 0 Å². The maximum Gasteiger partial charge on any atom is 0.276 e. The van der Waals surface area contributed by atoms with Crippen LogP contribution < -0.4 is 5.73 Å². The van der Waals surface area contributed by atoms with E-state index in [1.54, 1.807) is 13.2 Å². The molecule has 1 aromatic heterocycles. The van der Waals surface area contributed by atoms with Gasteiger partial charge in [0.25, 0.3) is 5.91 Å². The molecule has 2 N–H and O–H groups in total. The van der Waals surface area contributed by atoms with Gasteiger partial charge in [-0.3, -0.25) is 9.48 Å². The lowest BCUT2D eigenvalue weighted by Crippen LogP contribution is -2.49. The number of aryl methyl sites for hydroxylation is 1. The third-order valence-electron chi connectivity index (χ3n) is 3.33.